The molecule has 2 atom stereocenters. The second-order valence-electron chi connectivity index (χ2n) is 15.3. The summed E-state index contributed by atoms with van der Waals surface area (Å²) in [5.74, 6) is 0.829. The lowest BCUT2D eigenvalue weighted by Crippen LogP contribution is -2.26. The van der Waals surface area contributed by atoms with Crippen molar-refractivity contribution in [2.75, 3.05) is 4.90 Å². The van der Waals surface area contributed by atoms with Gasteiger partial charge in [-0.15, -0.1) is 0 Å². The van der Waals surface area contributed by atoms with Crippen LogP contribution in [-0.2, 0) is 0 Å². The Morgan fingerprint density at radius 1 is 0.431 bits per heavy atom. The van der Waals surface area contributed by atoms with E-state index in [0.29, 0.717) is 0 Å². The molecule has 10 aromatic rings. The van der Waals surface area contributed by atoms with Crippen LogP contribution in [0.15, 0.2) is 206 Å². The average Bonchev–Trinajstić information content (AvgIpc) is 3.82. The van der Waals surface area contributed by atoms with Crippen molar-refractivity contribution in [2.24, 2.45) is 0 Å². The van der Waals surface area contributed by atoms with E-state index < -0.39 is 0 Å². The van der Waals surface area contributed by atoms with E-state index in [-0.39, 0.29) is 12.0 Å². The molecule has 0 radical (unpaired) electrons. The van der Waals surface area contributed by atoms with Crippen molar-refractivity contribution in [3.63, 3.8) is 0 Å². The van der Waals surface area contributed by atoms with Crippen molar-refractivity contribution in [3.8, 4) is 28.1 Å². The number of benzene rings is 8. The molecule has 0 spiro atoms. The molecule has 12 rings (SSSR count). The number of anilines is 2. The lowest BCUT2D eigenvalue weighted by Gasteiger charge is -2.34. The molecule has 0 N–H and O–H groups in total. The third kappa shape index (κ3) is 5.01. The highest BCUT2D eigenvalue weighted by Gasteiger charge is 2.44. The Bertz CT molecular complexity index is 3240. The van der Waals surface area contributed by atoms with Crippen LogP contribution in [-0.4, -0.2) is 14.5 Å². The minimum Gasteiger partial charge on any atom is -0.309 e. The average molecular weight is 741 g/mol. The number of rotatable bonds is 5. The first-order valence-corrected chi connectivity index (χ1v) is 20.0. The monoisotopic (exact) mass is 740 g/mol. The van der Waals surface area contributed by atoms with Crippen LogP contribution in [0.5, 0.6) is 0 Å². The fraction of sp³-hybridized carbons (Fsp3) is 0.0370. The maximum absolute atomic E-state index is 5.38. The summed E-state index contributed by atoms with van der Waals surface area (Å²) in [6.07, 6.45) is 2.49. The van der Waals surface area contributed by atoms with E-state index in [1.165, 1.54) is 66.4 Å². The molecule has 0 saturated carbocycles. The number of hydrogen-bond donors (Lipinski definition) is 0. The van der Waals surface area contributed by atoms with Crippen molar-refractivity contribution in [2.45, 2.75) is 12.0 Å². The summed E-state index contributed by atoms with van der Waals surface area (Å²) in [6, 6.07) is 72.0. The van der Waals surface area contributed by atoms with Gasteiger partial charge in [0, 0.05) is 39.0 Å². The lowest BCUT2D eigenvalue weighted by molar-refractivity contribution is 0.654. The Morgan fingerprint density at radius 3 is 1.91 bits per heavy atom. The van der Waals surface area contributed by atoms with Crippen LogP contribution < -0.4 is 4.90 Å². The number of nitrogens with zero attached hydrogens (tertiary/aromatic N) is 4. The third-order valence-corrected chi connectivity index (χ3v) is 12.2. The Hall–Kier alpha value is -7.56. The smallest absolute Gasteiger partial charge is 0.231 e. The molecule has 1 aliphatic carbocycles. The molecule has 0 bridgehead atoms. The largest absolute Gasteiger partial charge is 0.309 e. The van der Waals surface area contributed by atoms with Crippen LogP contribution in [0.1, 0.15) is 34.2 Å². The summed E-state index contributed by atoms with van der Waals surface area (Å²) in [5.41, 5.74) is 16.4. The predicted molar refractivity (Wildman–Crippen MR) is 239 cm³/mol. The second-order valence-corrected chi connectivity index (χ2v) is 15.3. The Morgan fingerprint density at radius 2 is 1.07 bits per heavy atom. The molecule has 2 aliphatic rings. The van der Waals surface area contributed by atoms with Crippen LogP contribution in [0.4, 0.5) is 11.6 Å². The molecular weight excluding hydrogens is 705 g/mol. The second kappa shape index (κ2) is 13.0. The van der Waals surface area contributed by atoms with Gasteiger partial charge in [0.2, 0.25) is 5.95 Å². The molecule has 1 aliphatic heterocycles. The summed E-state index contributed by atoms with van der Waals surface area (Å²) >= 11 is 0. The molecule has 4 nitrogen and oxygen atoms in total. The Balaban J connectivity index is 0.965. The van der Waals surface area contributed by atoms with Gasteiger partial charge in [-0.2, -0.15) is 0 Å². The highest BCUT2D eigenvalue weighted by Crippen LogP contribution is 2.57. The molecule has 2 unspecified atom stereocenters. The molecule has 0 saturated heterocycles. The zero-order chi connectivity index (χ0) is 38.2. The van der Waals surface area contributed by atoms with Gasteiger partial charge in [0.1, 0.15) is 0 Å². The third-order valence-electron chi connectivity index (χ3n) is 12.2. The van der Waals surface area contributed by atoms with Gasteiger partial charge in [0.15, 0.2) is 0 Å². The fourth-order valence-electron chi connectivity index (χ4n) is 9.57. The van der Waals surface area contributed by atoms with Crippen molar-refractivity contribution in [3.05, 3.63) is 229 Å². The van der Waals surface area contributed by atoms with Crippen LogP contribution in [0, 0.1) is 0 Å². The minimum absolute atomic E-state index is 0.00417. The molecule has 8 aromatic carbocycles. The molecule has 2 aromatic heterocycles. The Kier molecular flexibility index (Phi) is 7.32. The van der Waals surface area contributed by atoms with E-state index >= 15 is 0 Å². The van der Waals surface area contributed by atoms with Gasteiger partial charge in [0.25, 0.3) is 0 Å². The Labute approximate surface area is 336 Å². The first-order chi connectivity index (χ1) is 28.8. The van der Waals surface area contributed by atoms with Crippen molar-refractivity contribution in [1.29, 1.82) is 0 Å². The molecular formula is C54H36N4. The van der Waals surface area contributed by atoms with E-state index in [2.05, 4.69) is 216 Å². The molecule has 58 heavy (non-hydrogen) atoms. The van der Waals surface area contributed by atoms with Crippen molar-refractivity contribution < 1.29 is 0 Å². The van der Waals surface area contributed by atoms with Crippen LogP contribution in [0.3, 0.4) is 0 Å². The van der Waals surface area contributed by atoms with Gasteiger partial charge < -0.3 is 9.47 Å². The number of hydrogen-bond acceptors (Lipinski definition) is 3. The van der Waals surface area contributed by atoms with E-state index in [4.69, 9.17) is 9.97 Å². The lowest BCUT2D eigenvalue weighted by atomic mass is 9.77. The predicted octanol–water partition coefficient (Wildman–Crippen LogP) is 13.5. The first kappa shape index (κ1) is 32.7. The van der Waals surface area contributed by atoms with Crippen molar-refractivity contribution >= 4 is 49.9 Å². The number of fused-ring (bicyclic) bond motifs is 9. The summed E-state index contributed by atoms with van der Waals surface area (Å²) < 4.78 is 2.39. The van der Waals surface area contributed by atoms with Crippen LogP contribution in [0.2, 0.25) is 0 Å². The normalized spacial score (nSPS) is 15.7. The molecule has 3 heterocycles. The zero-order valence-corrected chi connectivity index (χ0v) is 31.6. The highest BCUT2D eigenvalue weighted by atomic mass is 15.3. The van der Waals surface area contributed by atoms with E-state index in [9.17, 15) is 0 Å². The van der Waals surface area contributed by atoms with E-state index in [0.717, 1.165) is 33.8 Å². The standard InChI is InChI=1S/C54H36N4/c1-3-15-37(16-4-1)52-45-23-9-12-24-48(45)55-54(56-52)58-50-26-14-11-21-42(50)47-34-46(40-19-7-8-22-44(40)53(47)58)36-29-27-35(28-30-36)38-31-32-43-41-20-10-13-25-49(41)57(51(43)33-38)39-17-5-2-6-18-39/h1-34,47,53H. The van der Waals surface area contributed by atoms with Gasteiger partial charge in [-0.3, -0.25) is 0 Å². The van der Waals surface area contributed by atoms with Gasteiger partial charge in [0.05, 0.1) is 28.3 Å². The molecule has 0 fully saturated rings. The van der Waals surface area contributed by atoms with Gasteiger partial charge in [-0.25, -0.2) is 9.97 Å². The van der Waals surface area contributed by atoms with Crippen LogP contribution >= 0.6 is 0 Å². The minimum atomic E-state index is 0.00417. The SMILES string of the molecule is C1=C(c2ccc(-c3ccc4c5ccccc5n(-c5ccccc5)c4c3)cc2)c2ccccc2C2C1c1ccccc1N2c1nc(-c2ccccc2)c2ccccc2n1. The number of aromatic nitrogens is 3. The maximum Gasteiger partial charge on any atom is 0.231 e. The summed E-state index contributed by atoms with van der Waals surface area (Å²) in [4.78, 5) is 13.0. The number of para-hydroxylation sites is 4. The van der Waals surface area contributed by atoms with Gasteiger partial charge in [-0.05, 0) is 75.4 Å². The summed E-state index contributed by atoms with van der Waals surface area (Å²) in [5, 5.41) is 3.57. The maximum atomic E-state index is 5.38. The summed E-state index contributed by atoms with van der Waals surface area (Å²) in [7, 11) is 0. The highest BCUT2D eigenvalue weighted by molar-refractivity contribution is 6.10. The fourth-order valence-corrected chi connectivity index (χ4v) is 9.57. The van der Waals surface area contributed by atoms with Crippen molar-refractivity contribution in [1.82, 2.24) is 14.5 Å². The first-order valence-electron chi connectivity index (χ1n) is 20.0. The van der Waals surface area contributed by atoms with Gasteiger partial charge >= 0.3 is 0 Å². The molecule has 0 amide bonds. The quantitative estimate of drug-likeness (QED) is 0.176. The van der Waals surface area contributed by atoms with E-state index in [1.807, 2.05) is 0 Å². The molecule has 272 valence electrons. The summed E-state index contributed by atoms with van der Waals surface area (Å²) in [6.45, 7) is 0. The zero-order valence-electron chi connectivity index (χ0n) is 31.6. The molecule has 4 heteroatoms. The van der Waals surface area contributed by atoms with E-state index in [1.54, 1.807) is 0 Å². The topological polar surface area (TPSA) is 34.0 Å². The van der Waals surface area contributed by atoms with Gasteiger partial charge in [-0.1, -0.05) is 170 Å². The van der Waals surface area contributed by atoms with Crippen LogP contribution in [0.25, 0.3) is 66.4 Å².